The van der Waals surface area contributed by atoms with E-state index in [0.717, 1.165) is 18.8 Å². The molecule has 3 rings (SSSR count). The van der Waals surface area contributed by atoms with Crippen molar-refractivity contribution >= 4 is 28.9 Å². The van der Waals surface area contributed by atoms with Crippen LogP contribution in [0.5, 0.6) is 11.5 Å². The van der Waals surface area contributed by atoms with Gasteiger partial charge in [-0.3, -0.25) is 4.79 Å². The SMILES string of the molecule is COc1cccc(OC)c1C(=O)Nc1ccc(N2CCOCC2)c(Cl)c1. The fraction of sp³-hybridized carbons (Fsp3) is 0.316. The van der Waals surface area contributed by atoms with Crippen molar-refractivity contribution in [2.75, 3.05) is 50.7 Å². The highest BCUT2D eigenvalue weighted by Gasteiger charge is 2.19. The van der Waals surface area contributed by atoms with E-state index < -0.39 is 0 Å². The normalized spacial score (nSPS) is 14.0. The molecule has 26 heavy (non-hydrogen) atoms. The highest BCUT2D eigenvalue weighted by molar-refractivity contribution is 6.33. The summed E-state index contributed by atoms with van der Waals surface area (Å²) in [4.78, 5) is 14.9. The second-order valence-electron chi connectivity index (χ2n) is 5.76. The van der Waals surface area contributed by atoms with E-state index in [1.165, 1.54) is 14.2 Å². The Hall–Kier alpha value is -2.44. The summed E-state index contributed by atoms with van der Waals surface area (Å²) in [5.41, 5.74) is 1.87. The Kier molecular flexibility index (Phi) is 5.85. The molecule has 0 saturated carbocycles. The van der Waals surface area contributed by atoms with Crippen LogP contribution in [0.1, 0.15) is 10.4 Å². The lowest BCUT2D eigenvalue weighted by Gasteiger charge is -2.29. The predicted octanol–water partition coefficient (Wildman–Crippen LogP) is 3.45. The maximum atomic E-state index is 12.7. The highest BCUT2D eigenvalue weighted by Crippen LogP contribution is 2.32. The van der Waals surface area contributed by atoms with Crippen molar-refractivity contribution in [1.29, 1.82) is 0 Å². The zero-order valence-electron chi connectivity index (χ0n) is 14.8. The molecule has 1 aliphatic rings. The molecule has 1 aliphatic heterocycles. The summed E-state index contributed by atoms with van der Waals surface area (Å²) in [6.07, 6.45) is 0. The molecule has 0 atom stereocenters. The zero-order valence-corrected chi connectivity index (χ0v) is 15.5. The second-order valence-corrected chi connectivity index (χ2v) is 6.16. The largest absolute Gasteiger partial charge is 0.496 e. The number of nitrogens with one attached hydrogen (secondary N) is 1. The smallest absolute Gasteiger partial charge is 0.263 e. The van der Waals surface area contributed by atoms with Crippen molar-refractivity contribution in [3.8, 4) is 11.5 Å². The average molecular weight is 377 g/mol. The Bertz CT molecular complexity index is 769. The minimum absolute atomic E-state index is 0.325. The van der Waals surface area contributed by atoms with E-state index in [-0.39, 0.29) is 5.91 Å². The number of methoxy groups -OCH3 is 2. The van der Waals surface area contributed by atoms with E-state index >= 15 is 0 Å². The number of amides is 1. The number of nitrogens with zero attached hydrogens (tertiary/aromatic N) is 1. The van der Waals surface area contributed by atoms with Crippen molar-refractivity contribution in [2.24, 2.45) is 0 Å². The predicted molar refractivity (Wildman–Crippen MR) is 102 cm³/mol. The van der Waals surface area contributed by atoms with Gasteiger partial charge in [-0.25, -0.2) is 0 Å². The Morgan fingerprint density at radius 3 is 2.35 bits per heavy atom. The summed E-state index contributed by atoms with van der Waals surface area (Å²) >= 11 is 6.43. The second kappa shape index (κ2) is 8.29. The summed E-state index contributed by atoms with van der Waals surface area (Å²) in [6.45, 7) is 2.96. The third-order valence-corrected chi connectivity index (χ3v) is 4.51. The van der Waals surface area contributed by atoms with E-state index in [1.54, 1.807) is 24.3 Å². The number of anilines is 2. The van der Waals surface area contributed by atoms with Crippen LogP contribution < -0.4 is 19.7 Å². The molecule has 6 nitrogen and oxygen atoms in total. The van der Waals surface area contributed by atoms with Gasteiger partial charge in [-0.15, -0.1) is 0 Å². The maximum absolute atomic E-state index is 12.7. The number of hydrogen-bond acceptors (Lipinski definition) is 5. The van der Waals surface area contributed by atoms with Gasteiger partial charge in [-0.05, 0) is 30.3 Å². The molecule has 1 N–H and O–H groups in total. The molecule has 1 fully saturated rings. The van der Waals surface area contributed by atoms with Gasteiger partial charge in [0.25, 0.3) is 5.91 Å². The van der Waals surface area contributed by atoms with Crippen molar-refractivity contribution in [1.82, 2.24) is 0 Å². The molecule has 0 spiro atoms. The average Bonchev–Trinajstić information content (AvgIpc) is 2.68. The summed E-state index contributed by atoms with van der Waals surface area (Å²) in [5.74, 6) is 0.560. The van der Waals surface area contributed by atoms with Crippen LogP contribution in [0.2, 0.25) is 5.02 Å². The topological polar surface area (TPSA) is 60.0 Å². The molecule has 2 aromatic rings. The number of benzene rings is 2. The summed E-state index contributed by atoms with van der Waals surface area (Å²) in [7, 11) is 3.03. The molecule has 138 valence electrons. The van der Waals surface area contributed by atoms with Gasteiger partial charge < -0.3 is 24.4 Å². The Labute approximate surface area is 157 Å². The molecule has 7 heteroatoms. The third kappa shape index (κ3) is 3.86. The van der Waals surface area contributed by atoms with Gasteiger partial charge in [0, 0.05) is 18.8 Å². The lowest BCUT2D eigenvalue weighted by atomic mass is 10.1. The molecule has 0 aromatic heterocycles. The lowest BCUT2D eigenvalue weighted by Crippen LogP contribution is -2.36. The third-order valence-electron chi connectivity index (χ3n) is 4.21. The van der Waals surface area contributed by atoms with Crippen LogP contribution >= 0.6 is 11.6 Å². The van der Waals surface area contributed by atoms with E-state index in [9.17, 15) is 4.79 Å². The monoisotopic (exact) mass is 376 g/mol. The summed E-state index contributed by atoms with van der Waals surface area (Å²) in [5, 5.41) is 3.43. The first-order chi connectivity index (χ1) is 12.6. The zero-order chi connectivity index (χ0) is 18.5. The van der Waals surface area contributed by atoms with Crippen molar-refractivity contribution in [3.05, 3.63) is 47.0 Å². The number of carbonyl (C=O) groups excluding carboxylic acids is 1. The maximum Gasteiger partial charge on any atom is 0.263 e. The van der Waals surface area contributed by atoms with E-state index in [4.69, 9.17) is 25.8 Å². The number of halogens is 1. The Morgan fingerprint density at radius 1 is 1.12 bits per heavy atom. The first-order valence-electron chi connectivity index (χ1n) is 8.28. The van der Waals surface area contributed by atoms with Crippen LogP contribution in [-0.2, 0) is 4.74 Å². The molecule has 1 saturated heterocycles. The van der Waals surface area contributed by atoms with E-state index in [1.807, 2.05) is 12.1 Å². The fourth-order valence-electron chi connectivity index (χ4n) is 2.91. The lowest BCUT2D eigenvalue weighted by molar-refractivity contribution is 0.102. The number of morpholine rings is 1. The molecule has 1 heterocycles. The minimum Gasteiger partial charge on any atom is -0.496 e. The highest BCUT2D eigenvalue weighted by atomic mass is 35.5. The number of hydrogen-bond donors (Lipinski definition) is 1. The number of rotatable bonds is 5. The van der Waals surface area contributed by atoms with Crippen LogP contribution in [0.15, 0.2) is 36.4 Å². The number of ether oxygens (including phenoxy) is 3. The van der Waals surface area contributed by atoms with Crippen LogP contribution in [0.3, 0.4) is 0 Å². The first kappa shape index (κ1) is 18.4. The molecule has 0 unspecified atom stereocenters. The fourth-order valence-corrected chi connectivity index (χ4v) is 3.21. The van der Waals surface area contributed by atoms with Crippen LogP contribution in [0, 0.1) is 0 Å². The van der Waals surface area contributed by atoms with Gasteiger partial charge in [0.1, 0.15) is 17.1 Å². The van der Waals surface area contributed by atoms with E-state index in [0.29, 0.717) is 41.0 Å². The van der Waals surface area contributed by atoms with Crippen molar-refractivity contribution in [2.45, 2.75) is 0 Å². The summed E-state index contributed by atoms with van der Waals surface area (Å²) < 4.78 is 15.9. The molecular weight excluding hydrogens is 356 g/mol. The van der Waals surface area contributed by atoms with Gasteiger partial charge in [0.2, 0.25) is 0 Å². The number of carbonyl (C=O) groups is 1. The first-order valence-corrected chi connectivity index (χ1v) is 8.66. The van der Waals surface area contributed by atoms with E-state index in [2.05, 4.69) is 10.2 Å². The molecule has 0 radical (unpaired) electrons. The van der Waals surface area contributed by atoms with Gasteiger partial charge in [-0.1, -0.05) is 17.7 Å². The van der Waals surface area contributed by atoms with Crippen LogP contribution in [-0.4, -0.2) is 46.4 Å². The van der Waals surface area contributed by atoms with Gasteiger partial charge in [-0.2, -0.15) is 0 Å². The van der Waals surface area contributed by atoms with Gasteiger partial charge in [0.05, 0.1) is 38.1 Å². The van der Waals surface area contributed by atoms with Crippen LogP contribution in [0.25, 0.3) is 0 Å². The summed E-state index contributed by atoms with van der Waals surface area (Å²) in [6, 6.07) is 10.7. The Morgan fingerprint density at radius 2 is 1.77 bits per heavy atom. The molecular formula is C19H21ClN2O4. The van der Waals surface area contributed by atoms with Gasteiger partial charge in [0.15, 0.2) is 0 Å². The standard InChI is InChI=1S/C19H21ClN2O4/c1-24-16-4-3-5-17(25-2)18(16)19(23)21-13-6-7-15(14(20)12-13)22-8-10-26-11-9-22/h3-7,12H,8-11H2,1-2H3,(H,21,23). The molecule has 0 bridgehead atoms. The molecule has 0 aliphatic carbocycles. The van der Waals surface area contributed by atoms with Gasteiger partial charge >= 0.3 is 0 Å². The van der Waals surface area contributed by atoms with Crippen LogP contribution in [0.4, 0.5) is 11.4 Å². The minimum atomic E-state index is -0.325. The van der Waals surface area contributed by atoms with Crippen molar-refractivity contribution in [3.63, 3.8) is 0 Å². The molecule has 1 amide bonds. The van der Waals surface area contributed by atoms with Crippen molar-refractivity contribution < 1.29 is 19.0 Å². The Balaban J connectivity index is 1.81. The quantitative estimate of drug-likeness (QED) is 0.866. The molecule has 2 aromatic carbocycles.